The number of carbonyl (C=O) groups excluding carboxylic acids is 1. The second-order valence-electron chi connectivity index (χ2n) is 6.98. The third-order valence-corrected chi connectivity index (χ3v) is 5.11. The van der Waals surface area contributed by atoms with E-state index in [0.29, 0.717) is 11.4 Å². The van der Waals surface area contributed by atoms with Crippen LogP contribution >= 0.6 is 12.4 Å². The minimum Gasteiger partial charge on any atom is -0.382 e. The summed E-state index contributed by atoms with van der Waals surface area (Å²) in [4.78, 5) is 20.4. The summed E-state index contributed by atoms with van der Waals surface area (Å²) in [6, 6.07) is 15.6. The maximum Gasteiger partial charge on any atom is 0.248 e. The van der Waals surface area contributed by atoms with Gasteiger partial charge >= 0.3 is 0 Å². The molecule has 0 saturated heterocycles. The lowest BCUT2D eigenvalue weighted by molar-refractivity contribution is 0.0999. The molecule has 2 heterocycles. The van der Waals surface area contributed by atoms with Gasteiger partial charge in [-0.1, -0.05) is 42.8 Å². The fraction of sp³-hybridized carbons (Fsp3) is 0.227. The Morgan fingerprint density at radius 2 is 1.76 bits per heavy atom. The van der Waals surface area contributed by atoms with Crippen LogP contribution in [0.3, 0.4) is 0 Å². The number of anilines is 1. The molecule has 1 amide bonds. The fourth-order valence-corrected chi connectivity index (χ4v) is 3.73. The highest BCUT2D eigenvalue weighted by molar-refractivity contribution is 6.06. The Balaban J connectivity index is 0.00000240. The molecule has 0 fully saturated rings. The predicted molar refractivity (Wildman–Crippen MR) is 119 cm³/mol. The van der Waals surface area contributed by atoms with Crippen molar-refractivity contribution in [3.63, 3.8) is 0 Å². The van der Waals surface area contributed by atoms with Gasteiger partial charge in [0.1, 0.15) is 5.52 Å². The first-order valence-electron chi connectivity index (χ1n) is 9.52. The van der Waals surface area contributed by atoms with Gasteiger partial charge in [-0.2, -0.15) is 0 Å². The van der Waals surface area contributed by atoms with Gasteiger partial charge in [0.05, 0.1) is 17.4 Å². The van der Waals surface area contributed by atoms with Crippen molar-refractivity contribution >= 4 is 46.1 Å². The summed E-state index contributed by atoms with van der Waals surface area (Å²) in [6.07, 6.45) is 5.76. The van der Waals surface area contributed by atoms with E-state index < -0.39 is 0 Å². The minimum atomic E-state index is -0.362. The average molecular weight is 410 g/mol. The molecule has 4 aromatic rings. The lowest BCUT2D eigenvalue weighted by Crippen LogP contribution is -2.13. The van der Waals surface area contributed by atoms with Crippen molar-refractivity contribution in [2.75, 3.05) is 5.73 Å². The number of hydrogen-bond acceptors (Lipinski definition) is 4. The van der Waals surface area contributed by atoms with Crippen molar-refractivity contribution in [1.82, 2.24) is 14.5 Å². The quantitative estimate of drug-likeness (QED) is 0.449. The molecule has 2 aromatic carbocycles. The van der Waals surface area contributed by atoms with Crippen LogP contribution in [0.4, 0.5) is 5.82 Å². The smallest absolute Gasteiger partial charge is 0.248 e. The van der Waals surface area contributed by atoms with Gasteiger partial charge in [-0.25, -0.2) is 9.97 Å². The molecular weight excluding hydrogens is 386 g/mol. The molecule has 0 aliphatic heterocycles. The molecule has 0 saturated carbocycles. The zero-order chi connectivity index (χ0) is 19.5. The number of fused-ring (bicyclic) bond motifs is 3. The van der Waals surface area contributed by atoms with Gasteiger partial charge in [0.2, 0.25) is 5.91 Å². The molecule has 0 spiro atoms. The Bertz CT molecular complexity index is 1150. The highest BCUT2D eigenvalue weighted by Gasteiger charge is 2.12. The summed E-state index contributed by atoms with van der Waals surface area (Å²) in [7, 11) is 0. The van der Waals surface area contributed by atoms with Crippen LogP contribution in [0.5, 0.6) is 0 Å². The van der Waals surface area contributed by atoms with Crippen LogP contribution in [0.25, 0.3) is 21.9 Å². The third-order valence-electron chi connectivity index (χ3n) is 5.11. The number of unbranched alkanes of at least 4 members (excludes halogenated alkanes) is 2. The number of nitrogen functional groups attached to an aromatic ring is 1. The summed E-state index contributed by atoms with van der Waals surface area (Å²) in [5.41, 5.74) is 15.9. The van der Waals surface area contributed by atoms with E-state index in [1.807, 2.05) is 42.7 Å². The average Bonchev–Trinajstić information content (AvgIpc) is 3.13. The zero-order valence-corrected chi connectivity index (χ0v) is 16.9. The third kappa shape index (κ3) is 4.17. The van der Waals surface area contributed by atoms with E-state index in [1.165, 1.54) is 0 Å². The summed E-state index contributed by atoms with van der Waals surface area (Å²) in [5, 5.41) is 1.07. The predicted octanol–water partition coefficient (Wildman–Crippen LogP) is 4.10. The maximum absolute atomic E-state index is 11.5. The first kappa shape index (κ1) is 20.6. The van der Waals surface area contributed by atoms with Gasteiger partial charge in [0, 0.05) is 17.5 Å². The van der Waals surface area contributed by atoms with Crippen molar-refractivity contribution in [1.29, 1.82) is 0 Å². The summed E-state index contributed by atoms with van der Waals surface area (Å²) in [5.74, 6) is 0.106. The number of hydrogen-bond donors (Lipinski definition) is 2. The van der Waals surface area contributed by atoms with Crippen molar-refractivity contribution in [2.24, 2.45) is 5.73 Å². The van der Waals surface area contributed by atoms with E-state index in [0.717, 1.165) is 59.7 Å². The molecule has 0 bridgehead atoms. The Morgan fingerprint density at radius 1 is 1.00 bits per heavy atom. The van der Waals surface area contributed by atoms with Crippen LogP contribution in [-0.4, -0.2) is 20.4 Å². The Labute approximate surface area is 175 Å². The van der Waals surface area contributed by atoms with Crippen molar-refractivity contribution in [3.8, 4) is 0 Å². The molecule has 2 aromatic heterocycles. The summed E-state index contributed by atoms with van der Waals surface area (Å²) >= 11 is 0. The number of aryl methyl sites for hydroxylation is 2. The SMILES string of the molecule is Cl.NC(=O)c1ccccc1CCCCCn1cnc2c(N)nc3ccccc3c21. The number of halogens is 1. The van der Waals surface area contributed by atoms with Gasteiger partial charge in [0.15, 0.2) is 5.82 Å². The molecule has 4 rings (SSSR count). The fourth-order valence-electron chi connectivity index (χ4n) is 3.73. The number of nitrogens with zero attached hydrogens (tertiary/aromatic N) is 3. The molecule has 7 heteroatoms. The van der Waals surface area contributed by atoms with Crippen LogP contribution in [0.2, 0.25) is 0 Å². The van der Waals surface area contributed by atoms with Gasteiger partial charge < -0.3 is 16.0 Å². The second kappa shape index (κ2) is 8.92. The number of para-hydroxylation sites is 1. The van der Waals surface area contributed by atoms with Gasteiger partial charge in [0.25, 0.3) is 0 Å². The topological polar surface area (TPSA) is 99.8 Å². The van der Waals surface area contributed by atoms with Crippen LogP contribution in [-0.2, 0) is 13.0 Å². The van der Waals surface area contributed by atoms with Crippen molar-refractivity contribution in [3.05, 3.63) is 66.0 Å². The number of pyridine rings is 1. The standard InChI is InChI=1S/C22H23N5O.ClH/c23-21-19-20(17-11-5-6-12-18(17)26-21)27(14-25-19)13-7-1-2-8-15-9-3-4-10-16(15)22(24)28;/h3-6,9-12,14H,1-2,7-8,13H2,(H2,23,26)(H2,24,28);1H. The first-order valence-corrected chi connectivity index (χ1v) is 9.52. The van der Waals surface area contributed by atoms with E-state index >= 15 is 0 Å². The molecule has 29 heavy (non-hydrogen) atoms. The number of primary amides is 1. The highest BCUT2D eigenvalue weighted by Crippen LogP contribution is 2.27. The molecule has 6 nitrogen and oxygen atoms in total. The Kier molecular flexibility index (Phi) is 6.34. The number of amides is 1. The number of rotatable bonds is 7. The summed E-state index contributed by atoms with van der Waals surface area (Å²) < 4.78 is 2.16. The van der Waals surface area contributed by atoms with Crippen LogP contribution < -0.4 is 11.5 Å². The number of imidazole rings is 1. The van der Waals surface area contributed by atoms with E-state index in [1.54, 1.807) is 6.07 Å². The molecule has 0 radical (unpaired) electrons. The largest absolute Gasteiger partial charge is 0.382 e. The lowest BCUT2D eigenvalue weighted by Gasteiger charge is -2.09. The monoisotopic (exact) mass is 409 g/mol. The van der Waals surface area contributed by atoms with Gasteiger partial charge in [-0.05, 0) is 37.0 Å². The Hall–Kier alpha value is -3.12. The molecule has 0 aliphatic carbocycles. The van der Waals surface area contributed by atoms with Crippen molar-refractivity contribution < 1.29 is 4.79 Å². The normalized spacial score (nSPS) is 10.9. The number of aromatic nitrogens is 3. The minimum absolute atomic E-state index is 0. The van der Waals surface area contributed by atoms with Crippen molar-refractivity contribution in [2.45, 2.75) is 32.2 Å². The number of nitrogens with two attached hydrogens (primary N) is 2. The lowest BCUT2D eigenvalue weighted by atomic mass is 10.0. The molecule has 0 aliphatic rings. The maximum atomic E-state index is 11.5. The molecule has 150 valence electrons. The molecule has 0 atom stereocenters. The van der Waals surface area contributed by atoms with Crippen LogP contribution in [0, 0.1) is 0 Å². The van der Waals surface area contributed by atoms with E-state index in [4.69, 9.17) is 11.5 Å². The van der Waals surface area contributed by atoms with E-state index in [-0.39, 0.29) is 18.3 Å². The number of carbonyl (C=O) groups is 1. The van der Waals surface area contributed by atoms with E-state index in [9.17, 15) is 4.79 Å². The van der Waals surface area contributed by atoms with Crippen LogP contribution in [0.1, 0.15) is 35.2 Å². The molecule has 0 unspecified atom stereocenters. The van der Waals surface area contributed by atoms with Gasteiger partial charge in [-0.3, -0.25) is 4.79 Å². The highest BCUT2D eigenvalue weighted by atomic mass is 35.5. The van der Waals surface area contributed by atoms with E-state index in [2.05, 4.69) is 20.6 Å². The van der Waals surface area contributed by atoms with Gasteiger partial charge in [-0.15, -0.1) is 12.4 Å². The first-order chi connectivity index (χ1) is 13.6. The molecular formula is C22H24ClN5O. The number of benzene rings is 2. The van der Waals surface area contributed by atoms with Crippen LogP contribution in [0.15, 0.2) is 54.9 Å². The molecule has 4 N–H and O–H groups in total. The zero-order valence-electron chi connectivity index (χ0n) is 16.0. The second-order valence-corrected chi connectivity index (χ2v) is 6.98. The summed E-state index contributed by atoms with van der Waals surface area (Å²) in [6.45, 7) is 0.863. The Morgan fingerprint density at radius 3 is 2.59 bits per heavy atom.